The van der Waals surface area contributed by atoms with Crippen LogP contribution in [0.1, 0.15) is 44.1 Å². The van der Waals surface area contributed by atoms with E-state index in [4.69, 9.17) is 10.5 Å². The first-order chi connectivity index (χ1) is 13.1. The Morgan fingerprint density at radius 1 is 1.30 bits per heavy atom. The fraction of sp³-hybridized carbons (Fsp3) is 0.476. The number of hydrogen-bond acceptors (Lipinski definition) is 4. The van der Waals surface area contributed by atoms with Crippen LogP contribution in [0.25, 0.3) is 10.9 Å². The van der Waals surface area contributed by atoms with Gasteiger partial charge in [0.05, 0.1) is 0 Å². The third-order valence-electron chi connectivity index (χ3n) is 5.82. The van der Waals surface area contributed by atoms with Crippen LogP contribution in [-0.4, -0.2) is 33.9 Å². The van der Waals surface area contributed by atoms with Crippen molar-refractivity contribution in [2.45, 2.75) is 62.8 Å². The van der Waals surface area contributed by atoms with Crippen LogP contribution >= 0.6 is 0 Å². The zero-order valence-electron chi connectivity index (χ0n) is 15.4. The number of benzene rings is 1. The second kappa shape index (κ2) is 7.37. The lowest BCUT2D eigenvalue weighted by molar-refractivity contribution is -0.139. The number of hydrogen-bond donors (Lipinski definition) is 4. The van der Waals surface area contributed by atoms with Crippen LogP contribution in [-0.2, 0) is 16.0 Å². The SMILES string of the molecule is NC1C=C(NC(Cc2c[nH]c3ccccc23)C(=O)O)C2(CCCCCC2)O1. The van der Waals surface area contributed by atoms with E-state index in [1.807, 2.05) is 36.5 Å². The molecule has 0 saturated heterocycles. The van der Waals surface area contributed by atoms with Crippen LogP contribution in [0, 0.1) is 0 Å². The molecule has 5 N–H and O–H groups in total. The maximum atomic E-state index is 12.0. The number of nitrogens with one attached hydrogen (secondary N) is 2. The van der Waals surface area contributed by atoms with Gasteiger partial charge >= 0.3 is 5.97 Å². The fourth-order valence-corrected chi connectivity index (χ4v) is 4.45. The molecule has 2 atom stereocenters. The maximum absolute atomic E-state index is 12.0. The third-order valence-corrected chi connectivity index (χ3v) is 5.82. The van der Waals surface area contributed by atoms with Crippen molar-refractivity contribution in [1.29, 1.82) is 0 Å². The van der Waals surface area contributed by atoms with Gasteiger partial charge in [0, 0.05) is 29.2 Å². The number of rotatable bonds is 5. The highest BCUT2D eigenvalue weighted by molar-refractivity contribution is 5.84. The molecule has 2 aromatic rings. The molecular formula is C21H27N3O3. The number of carboxylic acid groups (broad SMARTS) is 1. The minimum absolute atomic E-state index is 0.391. The molecular weight excluding hydrogens is 342 g/mol. The lowest BCUT2D eigenvalue weighted by Gasteiger charge is -2.33. The van der Waals surface area contributed by atoms with Crippen LogP contribution in [0.3, 0.4) is 0 Å². The number of aromatic nitrogens is 1. The monoisotopic (exact) mass is 369 g/mol. The fourth-order valence-electron chi connectivity index (χ4n) is 4.45. The minimum Gasteiger partial charge on any atom is -0.480 e. The maximum Gasteiger partial charge on any atom is 0.326 e. The van der Waals surface area contributed by atoms with Crippen molar-refractivity contribution in [3.05, 3.63) is 47.8 Å². The predicted molar refractivity (Wildman–Crippen MR) is 104 cm³/mol. The largest absolute Gasteiger partial charge is 0.480 e. The summed E-state index contributed by atoms with van der Waals surface area (Å²) in [7, 11) is 0. The van der Waals surface area contributed by atoms with E-state index < -0.39 is 23.8 Å². The predicted octanol–water partition coefficient (Wildman–Crippen LogP) is 3.05. The number of carbonyl (C=O) groups is 1. The van der Waals surface area contributed by atoms with Crippen molar-refractivity contribution in [2.75, 3.05) is 0 Å². The number of nitrogens with two attached hydrogens (primary N) is 1. The molecule has 2 heterocycles. The summed E-state index contributed by atoms with van der Waals surface area (Å²) in [5.74, 6) is -0.870. The molecule has 144 valence electrons. The molecule has 2 aliphatic rings. The Hall–Kier alpha value is -2.31. The molecule has 1 saturated carbocycles. The smallest absolute Gasteiger partial charge is 0.326 e. The summed E-state index contributed by atoms with van der Waals surface area (Å²) in [4.78, 5) is 15.2. The third kappa shape index (κ3) is 3.59. The van der Waals surface area contributed by atoms with Gasteiger partial charge in [0.25, 0.3) is 0 Å². The first-order valence-corrected chi connectivity index (χ1v) is 9.77. The van der Waals surface area contributed by atoms with Crippen molar-refractivity contribution in [3.63, 3.8) is 0 Å². The van der Waals surface area contributed by atoms with Gasteiger partial charge in [-0.1, -0.05) is 43.9 Å². The van der Waals surface area contributed by atoms with Crippen molar-refractivity contribution in [3.8, 4) is 0 Å². The lowest BCUT2D eigenvalue weighted by Crippen LogP contribution is -2.45. The summed E-state index contributed by atoms with van der Waals surface area (Å²) in [5.41, 5.74) is 8.46. The number of H-pyrrole nitrogens is 1. The van der Waals surface area contributed by atoms with Gasteiger partial charge in [-0.3, -0.25) is 0 Å². The summed E-state index contributed by atoms with van der Waals surface area (Å²) in [6, 6.07) is 7.21. The first-order valence-electron chi connectivity index (χ1n) is 9.77. The Morgan fingerprint density at radius 2 is 2.04 bits per heavy atom. The van der Waals surface area contributed by atoms with E-state index in [2.05, 4.69) is 10.3 Å². The van der Waals surface area contributed by atoms with Crippen LogP contribution in [0.4, 0.5) is 0 Å². The molecule has 1 aromatic heterocycles. The second-order valence-corrected chi connectivity index (χ2v) is 7.67. The van der Waals surface area contributed by atoms with Crippen LogP contribution < -0.4 is 11.1 Å². The number of carboxylic acids is 1. The van der Waals surface area contributed by atoms with Crippen molar-refractivity contribution in [1.82, 2.24) is 10.3 Å². The summed E-state index contributed by atoms with van der Waals surface area (Å²) in [6.07, 6.45) is 9.97. The minimum atomic E-state index is -0.870. The van der Waals surface area contributed by atoms with Gasteiger partial charge in [0.1, 0.15) is 17.9 Å². The van der Waals surface area contributed by atoms with Gasteiger partial charge in [-0.05, 0) is 30.5 Å². The summed E-state index contributed by atoms with van der Waals surface area (Å²) in [5, 5.41) is 14.2. The number of ether oxygens (including phenoxy) is 1. The molecule has 6 heteroatoms. The van der Waals surface area contributed by atoms with Gasteiger partial charge < -0.3 is 25.9 Å². The molecule has 6 nitrogen and oxygen atoms in total. The average molecular weight is 369 g/mol. The van der Waals surface area contributed by atoms with Gasteiger partial charge in [-0.2, -0.15) is 0 Å². The molecule has 1 fully saturated rings. The molecule has 27 heavy (non-hydrogen) atoms. The Labute approximate surface area is 158 Å². The molecule has 1 aliphatic carbocycles. The number of aromatic amines is 1. The first kappa shape index (κ1) is 18.1. The van der Waals surface area contributed by atoms with Gasteiger partial charge in [-0.15, -0.1) is 0 Å². The van der Waals surface area contributed by atoms with Crippen LogP contribution in [0.15, 0.2) is 42.2 Å². The molecule has 4 rings (SSSR count). The summed E-state index contributed by atoms with van der Waals surface area (Å²) >= 11 is 0. The van der Waals surface area contributed by atoms with E-state index in [-0.39, 0.29) is 0 Å². The van der Waals surface area contributed by atoms with E-state index in [0.29, 0.717) is 6.42 Å². The molecule has 2 unspecified atom stereocenters. The standard InChI is InChI=1S/C21H27N3O3/c22-19-12-18(21(27-19)9-5-1-2-6-10-21)24-17(20(25)26)11-14-13-23-16-8-4-3-7-15(14)16/h3-4,7-8,12-13,17,19,23-24H,1-2,5-6,9-11,22H2,(H,25,26). The highest BCUT2D eigenvalue weighted by Crippen LogP contribution is 2.40. The van der Waals surface area contributed by atoms with E-state index in [9.17, 15) is 9.90 Å². The molecule has 0 bridgehead atoms. The summed E-state index contributed by atoms with van der Waals surface area (Å²) < 4.78 is 6.09. The quantitative estimate of drug-likeness (QED) is 0.649. The van der Waals surface area contributed by atoms with E-state index in [0.717, 1.165) is 47.8 Å². The highest BCUT2D eigenvalue weighted by Gasteiger charge is 2.43. The lowest BCUT2D eigenvalue weighted by atomic mass is 9.90. The molecule has 0 amide bonds. The Morgan fingerprint density at radius 3 is 2.78 bits per heavy atom. The zero-order valence-corrected chi connectivity index (χ0v) is 15.4. The van der Waals surface area contributed by atoms with Crippen LogP contribution in [0.2, 0.25) is 0 Å². The average Bonchev–Trinajstić information content (AvgIpc) is 3.08. The second-order valence-electron chi connectivity index (χ2n) is 7.67. The van der Waals surface area contributed by atoms with Crippen molar-refractivity contribution in [2.24, 2.45) is 5.73 Å². The summed E-state index contributed by atoms with van der Waals surface area (Å²) in [6.45, 7) is 0. The topological polar surface area (TPSA) is 100 Å². The zero-order chi connectivity index (χ0) is 18.9. The Kier molecular flexibility index (Phi) is 4.93. The molecule has 0 radical (unpaired) electrons. The van der Waals surface area contributed by atoms with E-state index in [1.54, 1.807) is 0 Å². The van der Waals surface area contributed by atoms with Gasteiger partial charge in [0.15, 0.2) is 0 Å². The van der Waals surface area contributed by atoms with E-state index >= 15 is 0 Å². The van der Waals surface area contributed by atoms with E-state index in [1.165, 1.54) is 12.8 Å². The number of fused-ring (bicyclic) bond motifs is 1. The van der Waals surface area contributed by atoms with Gasteiger partial charge in [0.2, 0.25) is 0 Å². The normalized spacial score (nSPS) is 23.1. The number of para-hydroxylation sites is 1. The highest BCUT2D eigenvalue weighted by atomic mass is 16.5. The molecule has 1 aliphatic heterocycles. The Bertz CT molecular complexity index is 849. The molecule has 1 aromatic carbocycles. The van der Waals surface area contributed by atoms with Gasteiger partial charge in [-0.25, -0.2) is 4.79 Å². The number of aliphatic carboxylic acids is 1. The van der Waals surface area contributed by atoms with Crippen molar-refractivity contribution < 1.29 is 14.6 Å². The Balaban J connectivity index is 1.57. The molecule has 1 spiro atoms. The van der Waals surface area contributed by atoms with Crippen LogP contribution in [0.5, 0.6) is 0 Å². The van der Waals surface area contributed by atoms with Crippen molar-refractivity contribution >= 4 is 16.9 Å².